The first-order chi connectivity index (χ1) is 12.2. The molecular weight excluding hydrogens is 380 g/mol. The van der Waals surface area contributed by atoms with Gasteiger partial charge in [-0.1, -0.05) is 11.6 Å². The smallest absolute Gasteiger partial charge is 0.265 e. The average molecular weight is 397 g/mol. The van der Waals surface area contributed by atoms with E-state index >= 15 is 0 Å². The number of hydrogen-bond acceptors (Lipinski definition) is 5. The summed E-state index contributed by atoms with van der Waals surface area (Å²) in [5, 5.41) is 3.09. The van der Waals surface area contributed by atoms with E-state index in [1.165, 1.54) is 31.4 Å². The second kappa shape index (κ2) is 6.69. The predicted molar refractivity (Wildman–Crippen MR) is 98.7 cm³/mol. The third-order valence-electron chi connectivity index (χ3n) is 3.92. The van der Waals surface area contributed by atoms with E-state index in [-0.39, 0.29) is 16.5 Å². The molecule has 1 aliphatic heterocycles. The van der Waals surface area contributed by atoms with Gasteiger partial charge in [0.1, 0.15) is 11.5 Å². The van der Waals surface area contributed by atoms with Gasteiger partial charge in [0.2, 0.25) is 0 Å². The first-order valence-electron chi connectivity index (χ1n) is 7.70. The summed E-state index contributed by atoms with van der Waals surface area (Å²) in [5.41, 5.74) is 1.27. The summed E-state index contributed by atoms with van der Waals surface area (Å²) in [6, 6.07) is 7.38. The molecule has 1 unspecified atom stereocenters. The Kier molecular flexibility index (Phi) is 4.72. The molecule has 2 aromatic rings. The Balaban J connectivity index is 1.96. The summed E-state index contributed by atoms with van der Waals surface area (Å²) in [7, 11) is -2.50. The lowest BCUT2D eigenvalue weighted by molar-refractivity contribution is -0.122. The van der Waals surface area contributed by atoms with Crippen LogP contribution in [0.2, 0.25) is 5.02 Å². The standard InChI is InChI=1S/C17H17ClN2O5S/c1-9-6-14(16(24-3)8-12(9)18)20-26(22,23)11-4-5-15-13(7-11)19-17(21)10(2)25-15/h4-8,10,20H,1-3H3,(H,19,21). The van der Waals surface area contributed by atoms with Crippen LogP contribution in [0, 0.1) is 6.92 Å². The number of aryl methyl sites for hydroxylation is 1. The minimum Gasteiger partial charge on any atom is -0.495 e. The number of methoxy groups -OCH3 is 1. The lowest BCUT2D eigenvalue weighted by Crippen LogP contribution is -2.34. The summed E-state index contributed by atoms with van der Waals surface area (Å²) >= 11 is 6.05. The molecule has 1 amide bonds. The molecule has 1 heterocycles. The van der Waals surface area contributed by atoms with Gasteiger partial charge in [-0.25, -0.2) is 8.42 Å². The van der Waals surface area contributed by atoms with Crippen LogP contribution in [0.3, 0.4) is 0 Å². The molecular formula is C17H17ClN2O5S. The quantitative estimate of drug-likeness (QED) is 0.827. The topological polar surface area (TPSA) is 93.7 Å². The largest absolute Gasteiger partial charge is 0.495 e. The number of nitrogens with one attached hydrogen (secondary N) is 2. The highest BCUT2D eigenvalue weighted by Gasteiger charge is 2.26. The molecule has 26 heavy (non-hydrogen) atoms. The van der Waals surface area contributed by atoms with Crippen molar-refractivity contribution in [1.29, 1.82) is 0 Å². The number of anilines is 2. The number of carbonyl (C=O) groups is 1. The van der Waals surface area contributed by atoms with Gasteiger partial charge in [0, 0.05) is 11.1 Å². The van der Waals surface area contributed by atoms with Crippen LogP contribution in [0.5, 0.6) is 11.5 Å². The Morgan fingerprint density at radius 3 is 2.69 bits per heavy atom. The fraction of sp³-hybridized carbons (Fsp3) is 0.235. The van der Waals surface area contributed by atoms with E-state index in [4.69, 9.17) is 21.1 Å². The molecule has 3 rings (SSSR count). The summed E-state index contributed by atoms with van der Waals surface area (Å²) in [6.45, 7) is 3.37. The number of carbonyl (C=O) groups excluding carboxylic acids is 1. The second-order valence-corrected chi connectivity index (χ2v) is 7.90. The highest BCUT2D eigenvalue weighted by Crippen LogP contribution is 2.35. The fourth-order valence-electron chi connectivity index (χ4n) is 2.47. The number of halogens is 1. The van der Waals surface area contributed by atoms with Gasteiger partial charge in [0.25, 0.3) is 15.9 Å². The third-order valence-corrected chi connectivity index (χ3v) is 5.69. The zero-order valence-electron chi connectivity index (χ0n) is 14.3. The first-order valence-corrected chi connectivity index (χ1v) is 9.56. The Labute approximate surface area is 156 Å². The molecule has 0 aliphatic carbocycles. The summed E-state index contributed by atoms with van der Waals surface area (Å²) < 4.78 is 38.6. The number of benzene rings is 2. The molecule has 7 nitrogen and oxygen atoms in total. The van der Waals surface area contributed by atoms with Gasteiger partial charge in [0.15, 0.2) is 6.10 Å². The Morgan fingerprint density at radius 1 is 1.27 bits per heavy atom. The van der Waals surface area contributed by atoms with Gasteiger partial charge in [-0.3, -0.25) is 9.52 Å². The maximum atomic E-state index is 12.7. The summed E-state index contributed by atoms with van der Waals surface area (Å²) in [4.78, 5) is 11.7. The van der Waals surface area contributed by atoms with Crippen molar-refractivity contribution in [2.75, 3.05) is 17.1 Å². The monoisotopic (exact) mass is 396 g/mol. The molecule has 1 aliphatic rings. The van der Waals surface area contributed by atoms with Gasteiger partial charge < -0.3 is 14.8 Å². The van der Waals surface area contributed by atoms with Gasteiger partial charge in [-0.2, -0.15) is 0 Å². The van der Waals surface area contributed by atoms with Crippen LogP contribution in [-0.2, 0) is 14.8 Å². The summed E-state index contributed by atoms with van der Waals surface area (Å²) in [5.74, 6) is 0.374. The van der Waals surface area contributed by atoms with E-state index in [0.29, 0.717) is 27.8 Å². The highest BCUT2D eigenvalue weighted by molar-refractivity contribution is 7.92. The van der Waals surface area contributed by atoms with E-state index in [2.05, 4.69) is 10.0 Å². The highest BCUT2D eigenvalue weighted by atomic mass is 35.5. The zero-order chi connectivity index (χ0) is 19.1. The van der Waals surface area contributed by atoms with Crippen LogP contribution in [0.15, 0.2) is 35.2 Å². The van der Waals surface area contributed by atoms with E-state index in [1.807, 2.05) is 0 Å². The lowest BCUT2D eigenvalue weighted by atomic mass is 10.2. The van der Waals surface area contributed by atoms with E-state index in [9.17, 15) is 13.2 Å². The Hall–Kier alpha value is -2.45. The number of amides is 1. The van der Waals surface area contributed by atoms with Crippen molar-refractivity contribution < 1.29 is 22.7 Å². The normalized spacial score (nSPS) is 16.3. The van der Waals surface area contributed by atoms with Crippen LogP contribution >= 0.6 is 11.6 Å². The molecule has 2 aromatic carbocycles. The fourth-order valence-corrected chi connectivity index (χ4v) is 3.71. The average Bonchev–Trinajstić information content (AvgIpc) is 2.58. The minimum absolute atomic E-state index is 0.0237. The van der Waals surface area contributed by atoms with Crippen molar-refractivity contribution in [3.8, 4) is 11.5 Å². The van der Waals surface area contributed by atoms with Crippen molar-refractivity contribution in [1.82, 2.24) is 0 Å². The van der Waals surface area contributed by atoms with Crippen LogP contribution in [0.1, 0.15) is 12.5 Å². The first kappa shape index (κ1) is 18.3. The van der Waals surface area contributed by atoms with Crippen molar-refractivity contribution in [2.24, 2.45) is 0 Å². The molecule has 9 heteroatoms. The maximum absolute atomic E-state index is 12.7. The van der Waals surface area contributed by atoms with Crippen LogP contribution in [-0.4, -0.2) is 27.5 Å². The van der Waals surface area contributed by atoms with Crippen LogP contribution in [0.25, 0.3) is 0 Å². The maximum Gasteiger partial charge on any atom is 0.265 e. The molecule has 0 bridgehead atoms. The van der Waals surface area contributed by atoms with E-state index < -0.39 is 16.1 Å². The molecule has 1 atom stereocenters. The van der Waals surface area contributed by atoms with Crippen molar-refractivity contribution >= 4 is 38.9 Å². The molecule has 0 aromatic heterocycles. The molecule has 0 saturated carbocycles. The van der Waals surface area contributed by atoms with Crippen LogP contribution in [0.4, 0.5) is 11.4 Å². The molecule has 0 radical (unpaired) electrons. The molecule has 2 N–H and O–H groups in total. The molecule has 138 valence electrons. The Bertz CT molecular complexity index is 991. The van der Waals surface area contributed by atoms with E-state index in [1.54, 1.807) is 19.9 Å². The zero-order valence-corrected chi connectivity index (χ0v) is 15.9. The SMILES string of the molecule is COc1cc(Cl)c(C)cc1NS(=O)(=O)c1ccc2c(c1)NC(=O)C(C)O2. The number of rotatable bonds is 4. The van der Waals surface area contributed by atoms with Gasteiger partial charge in [0.05, 0.1) is 23.4 Å². The number of sulfonamides is 1. The van der Waals surface area contributed by atoms with Crippen molar-refractivity contribution in [2.45, 2.75) is 24.8 Å². The number of hydrogen-bond donors (Lipinski definition) is 2. The van der Waals surface area contributed by atoms with Crippen molar-refractivity contribution in [3.05, 3.63) is 40.9 Å². The summed E-state index contributed by atoms with van der Waals surface area (Å²) in [6.07, 6.45) is -0.635. The van der Waals surface area contributed by atoms with Crippen molar-refractivity contribution in [3.63, 3.8) is 0 Å². The van der Waals surface area contributed by atoms with Gasteiger partial charge in [-0.05, 0) is 43.7 Å². The third kappa shape index (κ3) is 3.42. The number of ether oxygens (including phenoxy) is 2. The lowest BCUT2D eigenvalue weighted by Gasteiger charge is -2.23. The Morgan fingerprint density at radius 2 is 2.00 bits per heavy atom. The van der Waals surface area contributed by atoms with Crippen LogP contribution < -0.4 is 19.5 Å². The second-order valence-electron chi connectivity index (χ2n) is 5.81. The molecule has 0 fully saturated rings. The number of fused-ring (bicyclic) bond motifs is 1. The predicted octanol–water partition coefficient (Wildman–Crippen LogP) is 3.18. The minimum atomic E-state index is -3.92. The molecule has 0 spiro atoms. The van der Waals surface area contributed by atoms with Gasteiger partial charge >= 0.3 is 0 Å². The van der Waals surface area contributed by atoms with E-state index in [0.717, 1.165) is 0 Å². The molecule has 0 saturated heterocycles. The van der Waals surface area contributed by atoms with Gasteiger partial charge in [-0.15, -0.1) is 0 Å².